The van der Waals surface area contributed by atoms with Crippen LogP contribution in [-0.2, 0) is 5.75 Å². The van der Waals surface area contributed by atoms with Gasteiger partial charge in [-0.1, -0.05) is 25.1 Å². The molecule has 1 aromatic rings. The van der Waals surface area contributed by atoms with Crippen LogP contribution >= 0.6 is 11.8 Å². The minimum absolute atomic E-state index is 0.216. The Hall–Kier alpha value is -0.470. The molecule has 0 amide bonds. The molecule has 1 aliphatic heterocycles. The van der Waals surface area contributed by atoms with Crippen molar-refractivity contribution in [2.45, 2.75) is 30.9 Å². The van der Waals surface area contributed by atoms with Gasteiger partial charge in [-0.2, -0.15) is 11.8 Å². The van der Waals surface area contributed by atoms with E-state index >= 15 is 0 Å². The van der Waals surface area contributed by atoms with Gasteiger partial charge in [-0.3, -0.25) is 0 Å². The van der Waals surface area contributed by atoms with Crippen molar-refractivity contribution in [3.63, 3.8) is 0 Å². The number of fused-ring (bicyclic) bond motifs is 1. The molecule has 0 saturated heterocycles. The highest BCUT2D eigenvalue weighted by Gasteiger charge is 2.24. The lowest BCUT2D eigenvalue weighted by molar-refractivity contribution is 0.697. The molecular weight excluding hydrogens is 178 g/mol. The lowest BCUT2D eigenvalue weighted by atomic mass is 9.96. The van der Waals surface area contributed by atoms with Gasteiger partial charge in [0.1, 0.15) is 0 Å². The van der Waals surface area contributed by atoms with Crippen LogP contribution in [0.4, 0.5) is 0 Å². The summed E-state index contributed by atoms with van der Waals surface area (Å²) in [5.74, 6) is 1.12. The summed E-state index contributed by atoms with van der Waals surface area (Å²) in [7, 11) is 0. The van der Waals surface area contributed by atoms with Gasteiger partial charge in [0.25, 0.3) is 0 Å². The Bertz CT molecular complexity index is 322. The van der Waals surface area contributed by atoms with E-state index < -0.39 is 0 Å². The number of benzene rings is 1. The quantitative estimate of drug-likeness (QED) is 0.685. The van der Waals surface area contributed by atoms with E-state index in [9.17, 15) is 0 Å². The van der Waals surface area contributed by atoms with Gasteiger partial charge in [0.05, 0.1) is 0 Å². The summed E-state index contributed by atoms with van der Waals surface area (Å²) >= 11 is 1.96. The number of nitrogens with two attached hydrogens (primary N) is 1. The Labute approximate surface area is 83.7 Å². The second kappa shape index (κ2) is 3.35. The Morgan fingerprint density at radius 2 is 2.23 bits per heavy atom. The van der Waals surface area contributed by atoms with Crippen LogP contribution in [0.3, 0.4) is 0 Å². The smallest absolute Gasteiger partial charge is 0.0416 e. The molecule has 0 aliphatic carbocycles. The molecule has 2 rings (SSSR count). The summed E-state index contributed by atoms with van der Waals surface area (Å²) in [5, 5.41) is 0.550. The van der Waals surface area contributed by atoms with E-state index in [1.54, 1.807) is 0 Å². The fourth-order valence-electron chi connectivity index (χ4n) is 1.81. The third-order valence-electron chi connectivity index (χ3n) is 2.80. The monoisotopic (exact) mass is 193 g/mol. The summed E-state index contributed by atoms with van der Waals surface area (Å²) in [4.78, 5) is 0. The molecule has 0 bridgehead atoms. The van der Waals surface area contributed by atoms with Crippen molar-refractivity contribution in [3.05, 3.63) is 34.9 Å². The molecule has 0 aromatic heterocycles. The normalized spacial score (nSPS) is 27.0. The van der Waals surface area contributed by atoms with E-state index in [-0.39, 0.29) is 6.04 Å². The fourth-order valence-corrected chi connectivity index (χ4v) is 2.98. The van der Waals surface area contributed by atoms with Crippen LogP contribution < -0.4 is 5.73 Å². The van der Waals surface area contributed by atoms with E-state index in [0.29, 0.717) is 5.25 Å². The second-order valence-electron chi connectivity index (χ2n) is 3.68. The molecule has 2 atom stereocenters. The summed E-state index contributed by atoms with van der Waals surface area (Å²) in [6.45, 7) is 4.38. The molecule has 0 fully saturated rings. The highest BCUT2D eigenvalue weighted by molar-refractivity contribution is 7.99. The van der Waals surface area contributed by atoms with E-state index in [2.05, 4.69) is 32.0 Å². The van der Waals surface area contributed by atoms with E-state index in [0.717, 1.165) is 5.75 Å². The van der Waals surface area contributed by atoms with Crippen LogP contribution in [0.2, 0.25) is 0 Å². The molecule has 70 valence electrons. The van der Waals surface area contributed by atoms with E-state index in [1.165, 1.54) is 16.7 Å². The average Bonchev–Trinajstić information content (AvgIpc) is 2.12. The zero-order chi connectivity index (χ0) is 9.42. The SMILES string of the molecule is Cc1cccc2c1CSC(C)C2N. The van der Waals surface area contributed by atoms with Crippen LogP contribution in [0.1, 0.15) is 29.7 Å². The predicted molar refractivity (Wildman–Crippen MR) is 58.9 cm³/mol. The number of rotatable bonds is 0. The predicted octanol–water partition coefficient (Wildman–Crippen LogP) is 2.63. The number of aryl methyl sites for hydroxylation is 1. The van der Waals surface area contributed by atoms with Crippen molar-refractivity contribution in [1.29, 1.82) is 0 Å². The zero-order valence-corrected chi connectivity index (χ0v) is 8.90. The van der Waals surface area contributed by atoms with E-state index in [4.69, 9.17) is 5.73 Å². The van der Waals surface area contributed by atoms with Crippen molar-refractivity contribution in [1.82, 2.24) is 0 Å². The lowest BCUT2D eigenvalue weighted by Crippen LogP contribution is -2.26. The van der Waals surface area contributed by atoms with Crippen LogP contribution in [0.5, 0.6) is 0 Å². The number of hydrogen-bond donors (Lipinski definition) is 1. The van der Waals surface area contributed by atoms with Gasteiger partial charge < -0.3 is 5.73 Å². The van der Waals surface area contributed by atoms with Gasteiger partial charge in [0.15, 0.2) is 0 Å². The maximum Gasteiger partial charge on any atom is 0.0416 e. The molecule has 2 unspecified atom stereocenters. The third kappa shape index (κ3) is 1.49. The minimum Gasteiger partial charge on any atom is -0.323 e. The maximum absolute atomic E-state index is 6.14. The van der Waals surface area contributed by atoms with Crippen molar-refractivity contribution in [2.24, 2.45) is 5.73 Å². The van der Waals surface area contributed by atoms with Gasteiger partial charge in [0.2, 0.25) is 0 Å². The molecule has 2 heteroatoms. The van der Waals surface area contributed by atoms with Crippen molar-refractivity contribution in [3.8, 4) is 0 Å². The summed E-state index contributed by atoms with van der Waals surface area (Å²) in [6, 6.07) is 6.66. The summed E-state index contributed by atoms with van der Waals surface area (Å²) in [5.41, 5.74) is 10.3. The van der Waals surface area contributed by atoms with Gasteiger partial charge in [-0.05, 0) is 23.6 Å². The molecule has 0 radical (unpaired) electrons. The molecule has 0 saturated carbocycles. The number of thioether (sulfide) groups is 1. The average molecular weight is 193 g/mol. The first kappa shape index (κ1) is 9.10. The van der Waals surface area contributed by atoms with Crippen molar-refractivity contribution in [2.75, 3.05) is 0 Å². The largest absolute Gasteiger partial charge is 0.323 e. The van der Waals surface area contributed by atoms with Crippen LogP contribution in [0, 0.1) is 6.92 Å². The molecule has 1 nitrogen and oxygen atoms in total. The van der Waals surface area contributed by atoms with Gasteiger partial charge in [-0.25, -0.2) is 0 Å². The van der Waals surface area contributed by atoms with Crippen LogP contribution in [0.15, 0.2) is 18.2 Å². The molecule has 1 heterocycles. The zero-order valence-electron chi connectivity index (χ0n) is 8.08. The van der Waals surface area contributed by atoms with Crippen LogP contribution in [-0.4, -0.2) is 5.25 Å². The minimum atomic E-state index is 0.216. The topological polar surface area (TPSA) is 26.0 Å². The molecule has 13 heavy (non-hydrogen) atoms. The van der Waals surface area contributed by atoms with E-state index in [1.807, 2.05) is 11.8 Å². The second-order valence-corrected chi connectivity index (χ2v) is 5.05. The first-order valence-corrected chi connectivity index (χ1v) is 5.70. The third-order valence-corrected chi connectivity index (χ3v) is 4.08. The highest BCUT2D eigenvalue weighted by Crippen LogP contribution is 2.36. The van der Waals surface area contributed by atoms with Crippen molar-refractivity contribution >= 4 is 11.8 Å². The Kier molecular flexibility index (Phi) is 2.35. The molecule has 0 spiro atoms. The standard InChI is InChI=1S/C11H15NS/c1-7-4-3-5-9-10(7)6-13-8(2)11(9)12/h3-5,8,11H,6,12H2,1-2H3. The molecule has 1 aromatic carbocycles. The maximum atomic E-state index is 6.14. The fraction of sp³-hybridized carbons (Fsp3) is 0.455. The molecule has 2 N–H and O–H groups in total. The first-order chi connectivity index (χ1) is 6.20. The Balaban J connectivity index is 2.49. The molecular formula is C11H15NS. The van der Waals surface area contributed by atoms with Crippen LogP contribution in [0.25, 0.3) is 0 Å². The lowest BCUT2D eigenvalue weighted by Gasteiger charge is -2.29. The summed E-state index contributed by atoms with van der Waals surface area (Å²) in [6.07, 6.45) is 0. The summed E-state index contributed by atoms with van der Waals surface area (Å²) < 4.78 is 0. The van der Waals surface area contributed by atoms with Gasteiger partial charge in [0, 0.05) is 17.0 Å². The Morgan fingerprint density at radius 3 is 3.00 bits per heavy atom. The van der Waals surface area contributed by atoms with Gasteiger partial charge >= 0.3 is 0 Å². The number of hydrogen-bond acceptors (Lipinski definition) is 2. The van der Waals surface area contributed by atoms with Crippen molar-refractivity contribution < 1.29 is 0 Å². The Morgan fingerprint density at radius 1 is 1.46 bits per heavy atom. The van der Waals surface area contributed by atoms with Gasteiger partial charge in [-0.15, -0.1) is 0 Å². The first-order valence-electron chi connectivity index (χ1n) is 4.65. The molecule has 1 aliphatic rings. The highest BCUT2D eigenvalue weighted by atomic mass is 32.2.